The summed E-state index contributed by atoms with van der Waals surface area (Å²) < 4.78 is 5.38. The van der Waals surface area contributed by atoms with Gasteiger partial charge in [0, 0.05) is 5.02 Å². The van der Waals surface area contributed by atoms with Crippen LogP contribution in [0.15, 0.2) is 12.1 Å². The van der Waals surface area contributed by atoms with Crippen molar-refractivity contribution in [3.05, 3.63) is 32.8 Å². The predicted molar refractivity (Wildman–Crippen MR) is 82.8 cm³/mol. The number of esters is 1. The second-order valence-electron chi connectivity index (χ2n) is 5.39. The fourth-order valence-electron chi connectivity index (χ4n) is 2.52. The summed E-state index contributed by atoms with van der Waals surface area (Å²) in [5.74, 6) is 1.36. The number of hydrogen-bond acceptors (Lipinski definition) is 2. The molecule has 1 aliphatic carbocycles. The Balaban J connectivity index is 2.01. The smallest absolute Gasteiger partial charge is 0.339 e. The molecule has 5 heteroatoms. The van der Waals surface area contributed by atoms with Gasteiger partial charge in [-0.05, 0) is 42.7 Å². The van der Waals surface area contributed by atoms with Crippen molar-refractivity contribution in [2.45, 2.75) is 26.7 Å². The van der Waals surface area contributed by atoms with Gasteiger partial charge < -0.3 is 4.74 Å². The molecule has 0 amide bonds. The Morgan fingerprint density at radius 1 is 1.40 bits per heavy atom. The van der Waals surface area contributed by atoms with Crippen molar-refractivity contribution in [1.29, 1.82) is 0 Å². The van der Waals surface area contributed by atoms with Crippen molar-refractivity contribution in [3.8, 4) is 0 Å². The molecule has 0 aliphatic heterocycles. The number of benzene rings is 1. The van der Waals surface area contributed by atoms with Gasteiger partial charge in [0.1, 0.15) is 0 Å². The zero-order chi connectivity index (χ0) is 14.9. The molecule has 3 unspecified atom stereocenters. The third-order valence-corrected chi connectivity index (χ3v) is 4.96. The monoisotopic (exact) mass is 334 g/mol. The minimum absolute atomic E-state index is 0.189. The van der Waals surface area contributed by atoms with E-state index < -0.39 is 5.97 Å². The van der Waals surface area contributed by atoms with Gasteiger partial charge in [-0.3, -0.25) is 0 Å². The third-order valence-electron chi connectivity index (χ3n) is 3.94. The van der Waals surface area contributed by atoms with E-state index in [1.807, 2.05) is 0 Å². The Morgan fingerprint density at radius 2 is 2.05 bits per heavy atom. The maximum Gasteiger partial charge on any atom is 0.339 e. The average Bonchev–Trinajstić information content (AvgIpc) is 3.11. The van der Waals surface area contributed by atoms with E-state index in [4.69, 9.17) is 39.5 Å². The van der Waals surface area contributed by atoms with Crippen LogP contribution in [0, 0.1) is 17.8 Å². The van der Waals surface area contributed by atoms with E-state index in [1.165, 1.54) is 18.6 Å². The van der Waals surface area contributed by atoms with Crippen molar-refractivity contribution in [2.75, 3.05) is 6.61 Å². The molecule has 0 saturated heterocycles. The number of halogens is 3. The summed E-state index contributed by atoms with van der Waals surface area (Å²) in [4.78, 5) is 12.1. The molecule has 2 rings (SSSR count). The van der Waals surface area contributed by atoms with Crippen molar-refractivity contribution in [2.24, 2.45) is 17.8 Å². The van der Waals surface area contributed by atoms with E-state index in [1.54, 1.807) is 0 Å². The SMILES string of the molecule is CCC(COC(=O)c1cc(Cl)cc(Cl)c1Cl)C1CC1C. The molecule has 0 N–H and O–H groups in total. The van der Waals surface area contributed by atoms with E-state index in [9.17, 15) is 4.79 Å². The Hall–Kier alpha value is -0.440. The first-order valence-corrected chi connectivity index (χ1v) is 7.89. The maximum atomic E-state index is 12.1. The van der Waals surface area contributed by atoms with E-state index in [0.29, 0.717) is 23.5 Å². The zero-order valence-electron chi connectivity index (χ0n) is 11.5. The second kappa shape index (κ2) is 6.55. The zero-order valence-corrected chi connectivity index (χ0v) is 13.7. The maximum absolute atomic E-state index is 12.1. The van der Waals surface area contributed by atoms with Gasteiger partial charge in [0.2, 0.25) is 0 Å². The molecule has 1 aromatic rings. The number of hydrogen-bond donors (Lipinski definition) is 0. The molecular formula is C15H17Cl3O2. The fraction of sp³-hybridized carbons (Fsp3) is 0.533. The lowest BCUT2D eigenvalue weighted by Gasteiger charge is -2.15. The lowest BCUT2D eigenvalue weighted by molar-refractivity contribution is 0.0416. The van der Waals surface area contributed by atoms with Crippen LogP contribution in [0.5, 0.6) is 0 Å². The molecule has 1 fully saturated rings. The highest BCUT2D eigenvalue weighted by Crippen LogP contribution is 2.45. The van der Waals surface area contributed by atoms with Crippen molar-refractivity contribution < 1.29 is 9.53 Å². The molecule has 0 bridgehead atoms. The van der Waals surface area contributed by atoms with Crippen LogP contribution >= 0.6 is 34.8 Å². The lowest BCUT2D eigenvalue weighted by Crippen LogP contribution is -2.16. The molecule has 3 atom stereocenters. The van der Waals surface area contributed by atoms with E-state index in [0.717, 1.165) is 12.3 Å². The normalized spacial score (nSPS) is 22.4. The Morgan fingerprint density at radius 3 is 2.60 bits per heavy atom. The van der Waals surface area contributed by atoms with Crippen LogP contribution in [0.3, 0.4) is 0 Å². The highest BCUT2D eigenvalue weighted by Gasteiger charge is 2.39. The molecule has 110 valence electrons. The summed E-state index contributed by atoms with van der Waals surface area (Å²) in [6.45, 7) is 4.76. The van der Waals surface area contributed by atoms with Crippen LogP contribution < -0.4 is 0 Å². The van der Waals surface area contributed by atoms with Gasteiger partial charge in [0.25, 0.3) is 0 Å². The first-order valence-electron chi connectivity index (χ1n) is 6.75. The minimum Gasteiger partial charge on any atom is -0.462 e. The molecule has 20 heavy (non-hydrogen) atoms. The molecule has 1 aromatic carbocycles. The van der Waals surface area contributed by atoms with Crippen LogP contribution in [0.4, 0.5) is 0 Å². The molecule has 1 saturated carbocycles. The highest BCUT2D eigenvalue weighted by molar-refractivity contribution is 6.45. The Kier molecular flexibility index (Phi) is 5.22. The average molecular weight is 336 g/mol. The van der Waals surface area contributed by atoms with Gasteiger partial charge in [0.15, 0.2) is 0 Å². The van der Waals surface area contributed by atoms with Gasteiger partial charge in [-0.15, -0.1) is 0 Å². The Labute approximate surface area is 134 Å². The largest absolute Gasteiger partial charge is 0.462 e. The van der Waals surface area contributed by atoms with Crippen LogP contribution in [0.2, 0.25) is 15.1 Å². The fourth-order valence-corrected chi connectivity index (χ4v) is 3.20. The van der Waals surface area contributed by atoms with Crippen molar-refractivity contribution >= 4 is 40.8 Å². The first kappa shape index (κ1) is 15.9. The van der Waals surface area contributed by atoms with Gasteiger partial charge in [-0.2, -0.15) is 0 Å². The van der Waals surface area contributed by atoms with Gasteiger partial charge in [0.05, 0.1) is 22.2 Å². The topological polar surface area (TPSA) is 26.3 Å². The van der Waals surface area contributed by atoms with Crippen molar-refractivity contribution in [3.63, 3.8) is 0 Å². The van der Waals surface area contributed by atoms with Crippen LogP contribution in [0.1, 0.15) is 37.0 Å². The number of carbonyl (C=O) groups excluding carboxylic acids is 1. The summed E-state index contributed by atoms with van der Waals surface area (Å²) in [7, 11) is 0. The molecule has 0 radical (unpaired) electrons. The summed E-state index contributed by atoms with van der Waals surface area (Å²) in [6, 6.07) is 2.99. The van der Waals surface area contributed by atoms with E-state index >= 15 is 0 Å². The Bertz CT molecular complexity index is 516. The van der Waals surface area contributed by atoms with E-state index in [2.05, 4.69) is 13.8 Å². The second-order valence-corrected chi connectivity index (χ2v) is 6.61. The van der Waals surface area contributed by atoms with Gasteiger partial charge >= 0.3 is 5.97 Å². The van der Waals surface area contributed by atoms with Crippen LogP contribution in [-0.2, 0) is 4.74 Å². The lowest BCUT2D eigenvalue weighted by atomic mass is 10.0. The summed E-state index contributed by atoms with van der Waals surface area (Å²) in [5.41, 5.74) is 0.225. The molecule has 2 nitrogen and oxygen atoms in total. The van der Waals surface area contributed by atoms with Crippen molar-refractivity contribution in [1.82, 2.24) is 0 Å². The summed E-state index contributed by atoms with van der Waals surface area (Å²) in [5, 5.41) is 0.817. The van der Waals surface area contributed by atoms with Gasteiger partial charge in [-0.25, -0.2) is 4.79 Å². The molecule has 0 spiro atoms. The first-order chi connectivity index (χ1) is 9.43. The quantitative estimate of drug-likeness (QED) is 0.525. The standard InChI is InChI=1S/C15H17Cl3O2/c1-3-9(11-4-8(11)2)7-20-15(19)12-5-10(16)6-13(17)14(12)18/h5-6,8-9,11H,3-4,7H2,1-2H3. The molecule has 0 aromatic heterocycles. The van der Waals surface area contributed by atoms with Crippen LogP contribution in [-0.4, -0.2) is 12.6 Å². The van der Waals surface area contributed by atoms with Gasteiger partial charge in [-0.1, -0.05) is 48.7 Å². The highest BCUT2D eigenvalue weighted by atomic mass is 35.5. The van der Waals surface area contributed by atoms with Crippen LogP contribution in [0.25, 0.3) is 0 Å². The molecule has 0 heterocycles. The number of ether oxygens (including phenoxy) is 1. The third kappa shape index (κ3) is 3.60. The number of carbonyl (C=O) groups is 1. The van der Waals surface area contributed by atoms with E-state index in [-0.39, 0.29) is 15.6 Å². The number of rotatable bonds is 5. The summed E-state index contributed by atoms with van der Waals surface area (Å²) >= 11 is 17.8. The molecular weight excluding hydrogens is 319 g/mol. The minimum atomic E-state index is -0.467. The molecule has 1 aliphatic rings. The predicted octanol–water partition coefficient (Wildman–Crippen LogP) is 5.49. The summed E-state index contributed by atoms with van der Waals surface area (Å²) in [6.07, 6.45) is 2.23.